The predicted molar refractivity (Wildman–Crippen MR) is 168 cm³/mol. The first-order valence-corrected chi connectivity index (χ1v) is 16.3. The van der Waals surface area contributed by atoms with E-state index in [0.29, 0.717) is 50.8 Å². The summed E-state index contributed by atoms with van der Waals surface area (Å²) in [6.07, 6.45) is 14.2. The van der Waals surface area contributed by atoms with Crippen LogP contribution < -0.4 is 16.4 Å². The fourth-order valence-corrected chi connectivity index (χ4v) is 5.60. The first-order valence-electron chi connectivity index (χ1n) is 16.3. The van der Waals surface area contributed by atoms with Crippen molar-refractivity contribution >= 4 is 23.6 Å². The standard InChI is InChI=1S/C33H54N4O6/c1-2-3-4-5-6-7-8-9-10-14-27(39)24-35-28(15-11-12-21-34)32(41)37-22-13-16-30(37)31(40)36-29(33(42)43)23-25-17-19-26(38)20-18-25/h17-20,28-30,35,38H,2-16,21-24,34H2,1H3,(H,36,40)(H,42,43)/t28-,29-,30-/m0/s1. The van der Waals surface area contributed by atoms with Gasteiger partial charge in [-0.3, -0.25) is 19.7 Å². The smallest absolute Gasteiger partial charge is 0.326 e. The highest BCUT2D eigenvalue weighted by Gasteiger charge is 2.38. The number of unbranched alkanes of at least 4 members (excludes halogenated alkanes) is 9. The molecule has 10 heteroatoms. The molecule has 1 fully saturated rings. The highest BCUT2D eigenvalue weighted by molar-refractivity contribution is 5.92. The number of carbonyl (C=O) groups is 4. The van der Waals surface area contributed by atoms with Crippen LogP contribution in [0.2, 0.25) is 0 Å². The molecule has 1 aromatic rings. The number of carbonyl (C=O) groups excluding carboxylic acids is 3. The second kappa shape index (κ2) is 20.8. The van der Waals surface area contributed by atoms with E-state index in [2.05, 4.69) is 17.6 Å². The van der Waals surface area contributed by atoms with E-state index in [4.69, 9.17) is 5.73 Å². The number of amides is 2. The van der Waals surface area contributed by atoms with Gasteiger partial charge in [0.1, 0.15) is 23.6 Å². The van der Waals surface area contributed by atoms with E-state index in [1.54, 1.807) is 12.1 Å². The predicted octanol–water partition coefficient (Wildman–Crippen LogP) is 4.07. The van der Waals surface area contributed by atoms with E-state index >= 15 is 0 Å². The van der Waals surface area contributed by atoms with Gasteiger partial charge in [0.15, 0.2) is 0 Å². The van der Waals surface area contributed by atoms with Gasteiger partial charge in [0.2, 0.25) is 11.8 Å². The molecule has 3 atom stereocenters. The van der Waals surface area contributed by atoms with Gasteiger partial charge >= 0.3 is 5.97 Å². The van der Waals surface area contributed by atoms with Crippen molar-refractivity contribution < 1.29 is 29.4 Å². The SMILES string of the molecule is CCCCCCCCCCCC(=O)CN[C@@H](CCCCN)C(=O)N1CCC[C@H]1C(=O)N[C@@H](Cc1ccc(O)cc1)C(=O)O. The average Bonchev–Trinajstić information content (AvgIpc) is 3.49. The fourth-order valence-electron chi connectivity index (χ4n) is 5.60. The molecule has 10 nitrogen and oxygen atoms in total. The van der Waals surface area contributed by atoms with Crippen molar-refractivity contribution in [2.45, 2.75) is 128 Å². The maximum atomic E-state index is 13.6. The second-order valence-electron chi connectivity index (χ2n) is 11.8. The number of carboxylic acids is 1. The number of aliphatic carboxylic acids is 1. The Morgan fingerprint density at radius 2 is 1.58 bits per heavy atom. The molecule has 2 amide bonds. The van der Waals surface area contributed by atoms with Crippen molar-refractivity contribution in [3.8, 4) is 5.75 Å². The third-order valence-corrected chi connectivity index (χ3v) is 8.18. The Morgan fingerprint density at radius 3 is 2.21 bits per heavy atom. The normalized spacial score (nSPS) is 16.1. The molecule has 2 rings (SSSR count). The number of phenols is 1. The number of nitrogens with two attached hydrogens (primary N) is 1. The zero-order valence-electron chi connectivity index (χ0n) is 26.0. The minimum atomic E-state index is -1.18. The van der Waals surface area contributed by atoms with Crippen LogP contribution in [0.5, 0.6) is 5.75 Å². The van der Waals surface area contributed by atoms with Gasteiger partial charge in [-0.2, -0.15) is 0 Å². The van der Waals surface area contributed by atoms with E-state index in [1.165, 1.54) is 55.6 Å². The van der Waals surface area contributed by atoms with Crippen LogP contribution in [0.3, 0.4) is 0 Å². The van der Waals surface area contributed by atoms with Gasteiger partial charge in [0.05, 0.1) is 12.6 Å². The van der Waals surface area contributed by atoms with Crippen LogP contribution >= 0.6 is 0 Å². The van der Waals surface area contributed by atoms with Crippen LogP contribution in [-0.2, 0) is 25.6 Å². The zero-order chi connectivity index (χ0) is 31.5. The van der Waals surface area contributed by atoms with Crippen LogP contribution in [0, 0.1) is 0 Å². The van der Waals surface area contributed by atoms with Crippen molar-refractivity contribution in [3.05, 3.63) is 29.8 Å². The minimum Gasteiger partial charge on any atom is -0.508 e. The third kappa shape index (κ3) is 13.9. The first-order chi connectivity index (χ1) is 20.8. The molecule has 1 aliphatic heterocycles. The van der Waals surface area contributed by atoms with Gasteiger partial charge < -0.3 is 26.2 Å². The number of benzene rings is 1. The summed E-state index contributed by atoms with van der Waals surface area (Å²) in [5.74, 6) is -1.77. The molecule has 1 saturated heterocycles. The zero-order valence-corrected chi connectivity index (χ0v) is 26.0. The van der Waals surface area contributed by atoms with E-state index < -0.39 is 30.0 Å². The van der Waals surface area contributed by atoms with Crippen molar-refractivity contribution in [2.24, 2.45) is 5.73 Å². The van der Waals surface area contributed by atoms with Gasteiger partial charge in [-0.25, -0.2) is 4.79 Å². The van der Waals surface area contributed by atoms with E-state index in [9.17, 15) is 29.4 Å². The van der Waals surface area contributed by atoms with Crippen molar-refractivity contribution in [3.63, 3.8) is 0 Å². The highest BCUT2D eigenvalue weighted by Crippen LogP contribution is 2.21. The van der Waals surface area contributed by atoms with Crippen LogP contribution in [0.1, 0.15) is 109 Å². The molecule has 1 aromatic carbocycles. The highest BCUT2D eigenvalue weighted by atomic mass is 16.4. The van der Waals surface area contributed by atoms with Gasteiger partial charge in [0, 0.05) is 19.4 Å². The number of carboxylic acid groups (broad SMARTS) is 1. The Bertz CT molecular complexity index is 986. The Morgan fingerprint density at radius 1 is 0.930 bits per heavy atom. The Labute approximate surface area is 257 Å². The van der Waals surface area contributed by atoms with Crippen LogP contribution in [0.25, 0.3) is 0 Å². The lowest BCUT2D eigenvalue weighted by Crippen LogP contribution is -2.55. The molecule has 0 unspecified atom stereocenters. The Kier molecular flexibility index (Phi) is 17.6. The average molecular weight is 603 g/mol. The molecular weight excluding hydrogens is 548 g/mol. The lowest BCUT2D eigenvalue weighted by atomic mass is 10.0. The molecule has 0 radical (unpaired) electrons. The molecule has 1 heterocycles. The Balaban J connectivity index is 1.89. The number of phenolic OH excluding ortho intramolecular Hbond substituents is 1. The van der Waals surface area contributed by atoms with Crippen LogP contribution in [0.4, 0.5) is 0 Å². The third-order valence-electron chi connectivity index (χ3n) is 8.18. The maximum Gasteiger partial charge on any atom is 0.326 e. The minimum absolute atomic E-state index is 0.0480. The number of ketones is 1. The van der Waals surface area contributed by atoms with Gasteiger partial charge in [-0.05, 0) is 56.3 Å². The fraction of sp³-hybridized carbons (Fsp3) is 0.697. The van der Waals surface area contributed by atoms with Crippen molar-refractivity contribution in [1.82, 2.24) is 15.5 Å². The number of Topliss-reactive ketones (excluding diaryl/α,β-unsaturated/α-hetero) is 1. The topological polar surface area (TPSA) is 162 Å². The Hall–Kier alpha value is -2.98. The monoisotopic (exact) mass is 602 g/mol. The summed E-state index contributed by atoms with van der Waals surface area (Å²) in [5, 5.41) is 25.0. The number of hydrogen-bond acceptors (Lipinski definition) is 7. The molecule has 0 bridgehead atoms. The largest absolute Gasteiger partial charge is 0.508 e. The summed E-state index contributed by atoms with van der Waals surface area (Å²) in [4.78, 5) is 52.9. The molecule has 43 heavy (non-hydrogen) atoms. The molecule has 1 aliphatic rings. The van der Waals surface area contributed by atoms with Gasteiger partial charge in [-0.1, -0.05) is 76.8 Å². The number of aromatic hydroxyl groups is 1. The molecule has 0 saturated carbocycles. The number of nitrogens with one attached hydrogen (secondary N) is 2. The van der Waals surface area contributed by atoms with Crippen LogP contribution in [-0.4, -0.2) is 76.4 Å². The lowest BCUT2D eigenvalue weighted by Gasteiger charge is -2.29. The number of hydrogen-bond donors (Lipinski definition) is 5. The number of rotatable bonds is 23. The number of likely N-dealkylation sites (tertiary alicyclic amines) is 1. The second-order valence-corrected chi connectivity index (χ2v) is 11.8. The first kappa shape index (κ1) is 36.2. The summed E-state index contributed by atoms with van der Waals surface area (Å²) in [6, 6.07) is 3.59. The van der Waals surface area contributed by atoms with Crippen LogP contribution in [0.15, 0.2) is 24.3 Å². The quantitative estimate of drug-likeness (QED) is 0.117. The summed E-state index contributed by atoms with van der Waals surface area (Å²) in [6.45, 7) is 3.22. The van der Waals surface area contributed by atoms with Crippen molar-refractivity contribution in [1.29, 1.82) is 0 Å². The van der Waals surface area contributed by atoms with E-state index in [-0.39, 0.29) is 30.4 Å². The van der Waals surface area contributed by atoms with E-state index in [0.717, 1.165) is 25.7 Å². The van der Waals surface area contributed by atoms with Gasteiger partial charge in [0.25, 0.3) is 0 Å². The molecule has 242 valence electrons. The maximum absolute atomic E-state index is 13.6. The summed E-state index contributed by atoms with van der Waals surface area (Å²) >= 11 is 0. The lowest BCUT2D eigenvalue weighted by molar-refractivity contribution is -0.144. The van der Waals surface area contributed by atoms with Gasteiger partial charge in [-0.15, -0.1) is 0 Å². The molecule has 0 spiro atoms. The molecule has 0 aromatic heterocycles. The number of nitrogens with zero attached hydrogens (tertiary/aromatic N) is 1. The molecule has 0 aliphatic carbocycles. The molecule has 6 N–H and O–H groups in total. The summed E-state index contributed by atoms with van der Waals surface area (Å²) < 4.78 is 0. The summed E-state index contributed by atoms with van der Waals surface area (Å²) in [5.41, 5.74) is 6.32. The van der Waals surface area contributed by atoms with Crippen molar-refractivity contribution in [2.75, 3.05) is 19.6 Å². The molecular formula is C33H54N4O6. The van der Waals surface area contributed by atoms with E-state index in [1.807, 2.05) is 0 Å². The summed E-state index contributed by atoms with van der Waals surface area (Å²) in [7, 11) is 0.